The number of rotatable bonds is 4. The van der Waals surface area contributed by atoms with Gasteiger partial charge in [-0.3, -0.25) is 9.59 Å². The van der Waals surface area contributed by atoms with Crippen LogP contribution in [0, 0.1) is 0 Å². The first-order chi connectivity index (χ1) is 12.4. The molecular formula is C21H19ClN2O2. The largest absolute Gasteiger partial charge is 0.322 e. The number of hydrogen-bond acceptors (Lipinski definition) is 2. The van der Waals surface area contributed by atoms with Crippen molar-refractivity contribution in [1.29, 1.82) is 0 Å². The van der Waals surface area contributed by atoms with Gasteiger partial charge in [-0.15, -0.1) is 0 Å². The highest BCUT2D eigenvalue weighted by Crippen LogP contribution is 2.20. The molecule has 5 heteroatoms. The van der Waals surface area contributed by atoms with Gasteiger partial charge in [0.2, 0.25) is 0 Å². The van der Waals surface area contributed by atoms with Gasteiger partial charge in [-0.1, -0.05) is 49.7 Å². The summed E-state index contributed by atoms with van der Waals surface area (Å²) < 4.78 is 0. The number of pyridine rings is 1. The van der Waals surface area contributed by atoms with Crippen LogP contribution < -0.4 is 10.9 Å². The average Bonchev–Trinajstić information content (AvgIpc) is 2.62. The zero-order valence-corrected chi connectivity index (χ0v) is 15.3. The summed E-state index contributed by atoms with van der Waals surface area (Å²) in [6.45, 7) is 4.21. The lowest BCUT2D eigenvalue weighted by Gasteiger charge is -2.09. The van der Waals surface area contributed by atoms with Crippen LogP contribution >= 0.6 is 11.6 Å². The molecule has 4 nitrogen and oxygen atoms in total. The molecule has 132 valence electrons. The number of H-pyrrole nitrogens is 1. The van der Waals surface area contributed by atoms with Gasteiger partial charge in [0.25, 0.3) is 11.5 Å². The van der Waals surface area contributed by atoms with Crippen molar-refractivity contribution in [3.8, 4) is 11.3 Å². The van der Waals surface area contributed by atoms with E-state index in [-0.39, 0.29) is 5.56 Å². The summed E-state index contributed by atoms with van der Waals surface area (Å²) in [6.07, 6.45) is 0. The Labute approximate surface area is 156 Å². The van der Waals surface area contributed by atoms with E-state index in [1.54, 1.807) is 18.2 Å². The normalized spacial score (nSPS) is 10.8. The van der Waals surface area contributed by atoms with E-state index in [1.807, 2.05) is 36.4 Å². The minimum Gasteiger partial charge on any atom is -0.322 e. The second-order valence-electron chi connectivity index (χ2n) is 6.35. The van der Waals surface area contributed by atoms with E-state index >= 15 is 0 Å². The minimum atomic E-state index is -0.439. The molecule has 0 radical (unpaired) electrons. The fourth-order valence-corrected chi connectivity index (χ4v) is 2.73. The van der Waals surface area contributed by atoms with Crippen LogP contribution in [0.2, 0.25) is 5.02 Å². The Morgan fingerprint density at radius 1 is 0.962 bits per heavy atom. The number of halogens is 1. The predicted octanol–water partition coefficient (Wildman–Crippen LogP) is 5.07. The van der Waals surface area contributed by atoms with Gasteiger partial charge in [0.15, 0.2) is 0 Å². The van der Waals surface area contributed by atoms with Crippen molar-refractivity contribution in [2.45, 2.75) is 19.8 Å². The van der Waals surface area contributed by atoms with Crippen molar-refractivity contribution in [3.05, 3.63) is 87.2 Å². The lowest BCUT2D eigenvalue weighted by molar-refractivity contribution is 0.102. The van der Waals surface area contributed by atoms with Crippen LogP contribution in [0.5, 0.6) is 0 Å². The van der Waals surface area contributed by atoms with E-state index in [4.69, 9.17) is 11.6 Å². The second kappa shape index (κ2) is 7.58. The van der Waals surface area contributed by atoms with E-state index in [0.717, 1.165) is 5.56 Å². The molecule has 0 bridgehead atoms. The molecule has 1 aromatic heterocycles. The van der Waals surface area contributed by atoms with E-state index in [9.17, 15) is 9.59 Å². The summed E-state index contributed by atoms with van der Waals surface area (Å²) in [4.78, 5) is 27.5. The van der Waals surface area contributed by atoms with E-state index in [1.165, 1.54) is 11.6 Å². The van der Waals surface area contributed by atoms with Gasteiger partial charge in [-0.05, 0) is 53.4 Å². The summed E-state index contributed by atoms with van der Waals surface area (Å²) in [7, 11) is 0. The highest BCUT2D eigenvalue weighted by atomic mass is 35.5. The number of carbonyl (C=O) groups excluding carboxylic acids is 1. The third-order valence-electron chi connectivity index (χ3n) is 4.14. The zero-order chi connectivity index (χ0) is 18.7. The number of nitrogens with one attached hydrogen (secondary N) is 2. The van der Waals surface area contributed by atoms with Crippen molar-refractivity contribution >= 4 is 23.2 Å². The fourth-order valence-electron chi connectivity index (χ4n) is 2.60. The van der Waals surface area contributed by atoms with Crippen LogP contribution in [-0.4, -0.2) is 10.9 Å². The monoisotopic (exact) mass is 366 g/mol. The molecule has 3 rings (SSSR count). The maximum absolute atomic E-state index is 12.4. The standard InChI is InChI=1S/C21H19ClN2O2/c1-13(2)14-5-9-17(10-6-14)23-20(25)18-11-12-19(24-21(18)26)15-3-7-16(22)8-4-15/h3-13H,1-2H3,(H,23,25)(H,24,26). The Bertz CT molecular complexity index is 974. The van der Waals surface area contributed by atoms with Crippen molar-refractivity contribution in [2.24, 2.45) is 0 Å². The third-order valence-corrected chi connectivity index (χ3v) is 4.40. The van der Waals surface area contributed by atoms with Gasteiger partial charge in [-0.25, -0.2) is 0 Å². The maximum atomic E-state index is 12.4. The Kier molecular flexibility index (Phi) is 5.24. The van der Waals surface area contributed by atoms with Gasteiger partial charge in [-0.2, -0.15) is 0 Å². The van der Waals surface area contributed by atoms with Crippen molar-refractivity contribution < 1.29 is 4.79 Å². The molecule has 0 saturated heterocycles. The smallest absolute Gasteiger partial charge is 0.261 e. The number of aromatic amines is 1. The molecule has 1 heterocycles. The van der Waals surface area contributed by atoms with Crippen LogP contribution in [0.15, 0.2) is 65.5 Å². The molecule has 0 aliphatic heterocycles. The first-order valence-electron chi connectivity index (χ1n) is 8.34. The summed E-state index contributed by atoms with van der Waals surface area (Å²) in [5.74, 6) is -0.0192. The number of aromatic nitrogens is 1. The molecular weight excluding hydrogens is 348 g/mol. The predicted molar refractivity (Wildman–Crippen MR) is 106 cm³/mol. The number of carbonyl (C=O) groups is 1. The van der Waals surface area contributed by atoms with Gasteiger partial charge < -0.3 is 10.3 Å². The van der Waals surface area contributed by atoms with Crippen molar-refractivity contribution in [2.75, 3.05) is 5.32 Å². The molecule has 0 aliphatic carbocycles. The van der Waals surface area contributed by atoms with Crippen LogP contribution in [0.1, 0.15) is 35.7 Å². The van der Waals surface area contributed by atoms with Crippen LogP contribution in [0.3, 0.4) is 0 Å². The van der Waals surface area contributed by atoms with E-state index < -0.39 is 11.5 Å². The topological polar surface area (TPSA) is 62.0 Å². The molecule has 0 fully saturated rings. The molecule has 2 N–H and O–H groups in total. The SMILES string of the molecule is CC(C)c1ccc(NC(=O)c2ccc(-c3ccc(Cl)cc3)[nH]c2=O)cc1. The molecule has 0 aliphatic rings. The maximum Gasteiger partial charge on any atom is 0.261 e. The van der Waals surface area contributed by atoms with Gasteiger partial charge in [0, 0.05) is 16.4 Å². The van der Waals surface area contributed by atoms with Crippen molar-refractivity contribution in [1.82, 2.24) is 4.98 Å². The van der Waals surface area contributed by atoms with Crippen LogP contribution in [0.25, 0.3) is 11.3 Å². The highest BCUT2D eigenvalue weighted by Gasteiger charge is 2.12. The average molecular weight is 367 g/mol. The Morgan fingerprint density at radius 3 is 2.19 bits per heavy atom. The molecule has 26 heavy (non-hydrogen) atoms. The number of anilines is 1. The van der Waals surface area contributed by atoms with Crippen LogP contribution in [0.4, 0.5) is 5.69 Å². The summed E-state index contributed by atoms with van der Waals surface area (Å²) in [5.41, 5.74) is 2.92. The molecule has 0 atom stereocenters. The van der Waals surface area contributed by atoms with Crippen LogP contribution in [-0.2, 0) is 0 Å². The quantitative estimate of drug-likeness (QED) is 0.677. The van der Waals surface area contributed by atoms with Gasteiger partial charge >= 0.3 is 0 Å². The molecule has 2 aromatic carbocycles. The molecule has 1 amide bonds. The summed E-state index contributed by atoms with van der Waals surface area (Å²) in [5, 5.41) is 3.38. The highest BCUT2D eigenvalue weighted by molar-refractivity contribution is 6.30. The molecule has 3 aromatic rings. The third kappa shape index (κ3) is 4.03. The van der Waals surface area contributed by atoms with E-state index in [0.29, 0.717) is 22.3 Å². The second-order valence-corrected chi connectivity index (χ2v) is 6.79. The minimum absolute atomic E-state index is 0.0654. The zero-order valence-electron chi connectivity index (χ0n) is 14.5. The van der Waals surface area contributed by atoms with E-state index in [2.05, 4.69) is 24.1 Å². The van der Waals surface area contributed by atoms with Gasteiger partial charge in [0.05, 0.1) is 0 Å². The lowest BCUT2D eigenvalue weighted by atomic mass is 10.0. The number of amides is 1. The number of benzene rings is 2. The molecule has 0 spiro atoms. The van der Waals surface area contributed by atoms with Gasteiger partial charge in [0.1, 0.15) is 5.56 Å². The Balaban J connectivity index is 1.79. The number of hydrogen-bond donors (Lipinski definition) is 2. The lowest BCUT2D eigenvalue weighted by Crippen LogP contribution is -2.23. The summed E-state index contributed by atoms with van der Waals surface area (Å²) in [6, 6.07) is 18.0. The Morgan fingerprint density at radius 2 is 1.62 bits per heavy atom. The summed E-state index contributed by atoms with van der Waals surface area (Å²) >= 11 is 5.88. The Hall–Kier alpha value is -2.85. The molecule has 0 saturated carbocycles. The first kappa shape index (κ1) is 18.0. The molecule has 0 unspecified atom stereocenters. The fraction of sp³-hybridized carbons (Fsp3) is 0.143. The first-order valence-corrected chi connectivity index (χ1v) is 8.72. The van der Waals surface area contributed by atoms with Crippen molar-refractivity contribution in [3.63, 3.8) is 0 Å².